The maximum Gasteiger partial charge on any atom is 0.255 e. The van der Waals surface area contributed by atoms with Crippen molar-refractivity contribution in [3.8, 4) is 11.1 Å². The van der Waals surface area contributed by atoms with Gasteiger partial charge in [0.25, 0.3) is 11.8 Å². The molecule has 2 amide bonds. The van der Waals surface area contributed by atoms with Crippen LogP contribution >= 0.6 is 22.9 Å². The molecule has 5 heterocycles. The molecule has 1 saturated heterocycles. The number of hydrogen-bond acceptors (Lipinski definition) is 7. The van der Waals surface area contributed by atoms with E-state index in [1.807, 2.05) is 22.8 Å². The molecule has 1 unspecified atom stereocenters. The van der Waals surface area contributed by atoms with Crippen LogP contribution < -0.4 is 15.5 Å². The number of rotatable bonds is 6. The van der Waals surface area contributed by atoms with Gasteiger partial charge in [-0.3, -0.25) is 14.9 Å². The van der Waals surface area contributed by atoms with Gasteiger partial charge in [-0.1, -0.05) is 17.7 Å². The van der Waals surface area contributed by atoms with E-state index in [1.165, 1.54) is 22.3 Å². The van der Waals surface area contributed by atoms with Crippen LogP contribution in [0.3, 0.4) is 0 Å². The van der Waals surface area contributed by atoms with Crippen molar-refractivity contribution in [3.63, 3.8) is 0 Å². The van der Waals surface area contributed by atoms with Gasteiger partial charge in [-0.15, -0.1) is 11.3 Å². The second-order valence-electron chi connectivity index (χ2n) is 11.0. The van der Waals surface area contributed by atoms with Crippen molar-refractivity contribution in [2.75, 3.05) is 29.9 Å². The zero-order valence-electron chi connectivity index (χ0n) is 22.9. The zero-order valence-corrected chi connectivity index (χ0v) is 24.5. The minimum absolute atomic E-state index is 0.0383. The van der Waals surface area contributed by atoms with E-state index in [0.717, 1.165) is 50.4 Å². The van der Waals surface area contributed by atoms with Gasteiger partial charge in [0, 0.05) is 60.6 Å². The summed E-state index contributed by atoms with van der Waals surface area (Å²) in [6.45, 7) is 5.47. The third-order valence-electron chi connectivity index (χ3n) is 8.28. The van der Waals surface area contributed by atoms with Crippen LogP contribution in [0.25, 0.3) is 11.1 Å². The second kappa shape index (κ2) is 10.8. The van der Waals surface area contributed by atoms with Crippen LogP contribution in [0.2, 0.25) is 5.02 Å². The summed E-state index contributed by atoms with van der Waals surface area (Å²) in [5.41, 5.74) is 4.15. The third kappa shape index (κ3) is 4.75. The van der Waals surface area contributed by atoms with Gasteiger partial charge in [-0.25, -0.2) is 14.4 Å². The lowest BCUT2D eigenvalue weighted by molar-refractivity contribution is -0.121. The number of halogens is 2. The van der Waals surface area contributed by atoms with Crippen molar-refractivity contribution in [2.45, 2.75) is 44.9 Å². The van der Waals surface area contributed by atoms with E-state index in [-0.39, 0.29) is 17.7 Å². The van der Waals surface area contributed by atoms with Gasteiger partial charge < -0.3 is 19.7 Å². The summed E-state index contributed by atoms with van der Waals surface area (Å²) >= 11 is 8.00. The first kappa shape index (κ1) is 27.1. The Labute approximate surface area is 251 Å². The fraction of sp³-hybridized carbons (Fsp3) is 0.333. The predicted molar refractivity (Wildman–Crippen MR) is 160 cm³/mol. The van der Waals surface area contributed by atoms with Gasteiger partial charge in [0.1, 0.15) is 5.82 Å². The first-order chi connectivity index (χ1) is 20.4. The number of piperazine rings is 1. The van der Waals surface area contributed by atoms with Crippen molar-refractivity contribution in [3.05, 3.63) is 81.6 Å². The van der Waals surface area contributed by atoms with E-state index in [4.69, 9.17) is 11.6 Å². The number of hydrogen-bond donors (Lipinski definition) is 2. The minimum Gasteiger partial charge on any atom is -0.368 e. The SMILES string of the molecule is C[C@@H]1CN(c2ccc(-c3cc(F)c4c(c3)C(=O)N(C(C(=O)Nc3nccs3)c3ncn5c3CCC5)C4)cc2Cl)CCN1. The van der Waals surface area contributed by atoms with Gasteiger partial charge in [-0.2, -0.15) is 0 Å². The van der Waals surface area contributed by atoms with E-state index >= 15 is 4.39 Å². The Morgan fingerprint density at radius 2 is 2.10 bits per heavy atom. The molecular weight excluding hydrogens is 577 g/mol. The number of amides is 2. The molecule has 9 nitrogen and oxygen atoms in total. The van der Waals surface area contributed by atoms with Crippen molar-refractivity contribution >= 4 is 45.6 Å². The molecule has 3 aliphatic heterocycles. The van der Waals surface area contributed by atoms with E-state index in [1.54, 1.807) is 24.0 Å². The lowest BCUT2D eigenvalue weighted by atomic mass is 9.99. The normalized spacial score (nSPS) is 18.7. The molecule has 0 aliphatic carbocycles. The van der Waals surface area contributed by atoms with Gasteiger partial charge in [0.15, 0.2) is 11.2 Å². The standard InChI is InChI=1S/C30H29ClFN7O2S/c1-17-14-37(9-6-33-17)24-5-4-18(12-22(24)31)19-11-20-21(23(32)13-19)15-39(29(20)41)27(28(40)36-30-34-7-10-42-30)26-25-3-2-8-38(25)16-35-26/h4-5,7,10-13,16-17,27,33H,2-3,6,8-9,14-15H2,1H3,(H,34,36,40)/t17-,27?/m1/s1. The maximum atomic E-state index is 15.7. The second-order valence-corrected chi connectivity index (χ2v) is 12.3. The van der Waals surface area contributed by atoms with Crippen LogP contribution in [-0.4, -0.2) is 56.9 Å². The number of nitrogens with one attached hydrogen (secondary N) is 2. The molecule has 2 aromatic heterocycles. The summed E-state index contributed by atoms with van der Waals surface area (Å²) in [7, 11) is 0. The summed E-state index contributed by atoms with van der Waals surface area (Å²) in [6, 6.07) is 8.14. The highest BCUT2D eigenvalue weighted by Gasteiger charge is 2.42. The Hall–Kier alpha value is -3.80. The van der Waals surface area contributed by atoms with Crippen LogP contribution in [0.1, 0.15) is 46.7 Å². The van der Waals surface area contributed by atoms with E-state index in [2.05, 4.69) is 32.4 Å². The largest absolute Gasteiger partial charge is 0.368 e. The van der Waals surface area contributed by atoms with Crippen LogP contribution in [0.5, 0.6) is 0 Å². The quantitative estimate of drug-likeness (QED) is 0.325. The number of fused-ring (bicyclic) bond motifs is 2. The Bertz CT molecular complexity index is 1690. The number of thiazole rings is 1. The first-order valence-corrected chi connectivity index (χ1v) is 15.3. The van der Waals surface area contributed by atoms with Gasteiger partial charge in [0.05, 0.1) is 29.3 Å². The van der Waals surface area contributed by atoms with Crippen molar-refractivity contribution in [1.82, 2.24) is 24.8 Å². The molecule has 4 aromatic rings. The van der Waals surface area contributed by atoms with Gasteiger partial charge in [0.2, 0.25) is 0 Å². The number of anilines is 2. The van der Waals surface area contributed by atoms with Crippen molar-refractivity contribution < 1.29 is 14.0 Å². The Balaban J connectivity index is 1.21. The maximum absolute atomic E-state index is 15.7. The molecular formula is C30H29ClFN7O2S. The van der Waals surface area contributed by atoms with E-state index < -0.39 is 23.7 Å². The monoisotopic (exact) mass is 605 g/mol. The lowest BCUT2D eigenvalue weighted by Gasteiger charge is -2.34. The molecule has 7 rings (SSSR count). The summed E-state index contributed by atoms with van der Waals surface area (Å²) in [5, 5.41) is 9.01. The topological polar surface area (TPSA) is 95.4 Å². The molecule has 12 heteroatoms. The lowest BCUT2D eigenvalue weighted by Crippen LogP contribution is -2.49. The Morgan fingerprint density at radius 3 is 2.88 bits per heavy atom. The molecule has 0 bridgehead atoms. The van der Waals surface area contributed by atoms with Crippen LogP contribution in [0, 0.1) is 5.82 Å². The predicted octanol–water partition coefficient (Wildman–Crippen LogP) is 4.88. The smallest absolute Gasteiger partial charge is 0.255 e. The number of imidazole rings is 1. The third-order valence-corrected chi connectivity index (χ3v) is 9.27. The zero-order chi connectivity index (χ0) is 29.0. The molecule has 2 aromatic carbocycles. The van der Waals surface area contributed by atoms with Crippen LogP contribution in [-0.2, 0) is 24.3 Å². The molecule has 2 atom stereocenters. The summed E-state index contributed by atoms with van der Waals surface area (Å²) < 4.78 is 17.7. The fourth-order valence-corrected chi connectivity index (χ4v) is 7.09. The van der Waals surface area contributed by atoms with E-state index in [9.17, 15) is 9.59 Å². The summed E-state index contributed by atoms with van der Waals surface area (Å²) in [5.74, 6) is -1.34. The van der Waals surface area contributed by atoms with Crippen molar-refractivity contribution in [1.29, 1.82) is 0 Å². The number of nitrogens with zero attached hydrogens (tertiary/aromatic N) is 5. The number of carbonyl (C=O) groups excluding carboxylic acids is 2. The highest BCUT2D eigenvalue weighted by Crippen LogP contribution is 2.39. The van der Waals surface area contributed by atoms with E-state index in [0.29, 0.717) is 33.0 Å². The minimum atomic E-state index is -1.03. The average Bonchev–Trinajstić information content (AvgIpc) is 3.77. The highest BCUT2D eigenvalue weighted by molar-refractivity contribution is 7.13. The summed E-state index contributed by atoms with van der Waals surface area (Å²) in [4.78, 5) is 40.0. The molecule has 2 N–H and O–H groups in total. The van der Waals surface area contributed by atoms with Crippen molar-refractivity contribution in [2.24, 2.45) is 0 Å². The average molecular weight is 606 g/mol. The Morgan fingerprint density at radius 1 is 1.21 bits per heavy atom. The van der Waals surface area contributed by atoms with Gasteiger partial charge in [-0.05, 0) is 55.2 Å². The Kier molecular flexibility index (Phi) is 6.95. The molecule has 42 heavy (non-hydrogen) atoms. The molecule has 1 fully saturated rings. The number of aromatic nitrogens is 3. The number of carbonyl (C=O) groups is 2. The molecule has 0 radical (unpaired) electrons. The molecule has 3 aliphatic rings. The van der Waals surface area contributed by atoms with Crippen LogP contribution in [0.4, 0.5) is 15.2 Å². The number of aryl methyl sites for hydroxylation is 1. The molecule has 0 saturated carbocycles. The fourth-order valence-electron chi connectivity index (χ4n) is 6.26. The number of benzene rings is 2. The highest BCUT2D eigenvalue weighted by atomic mass is 35.5. The van der Waals surface area contributed by atoms with Crippen LogP contribution in [0.15, 0.2) is 48.2 Å². The molecule has 216 valence electrons. The molecule has 0 spiro atoms. The van der Waals surface area contributed by atoms with Gasteiger partial charge >= 0.3 is 0 Å². The summed E-state index contributed by atoms with van der Waals surface area (Å²) in [6.07, 6.45) is 5.00. The first-order valence-electron chi connectivity index (χ1n) is 14.0.